The minimum atomic E-state index is -1.09. The van der Waals surface area contributed by atoms with Crippen LogP contribution in [0.4, 0.5) is 0 Å². The van der Waals surface area contributed by atoms with E-state index in [9.17, 15) is 9.59 Å². The molecule has 4 aromatic carbocycles. The first kappa shape index (κ1) is 17.9. The van der Waals surface area contributed by atoms with Gasteiger partial charge in [-0.1, -0.05) is 84.9 Å². The van der Waals surface area contributed by atoms with Gasteiger partial charge in [-0.05, 0) is 45.2 Å². The fourth-order valence-corrected chi connectivity index (χ4v) is 6.14. The van der Waals surface area contributed by atoms with Crippen molar-refractivity contribution in [3.05, 3.63) is 119 Å². The smallest absolute Gasteiger partial charge is 0.321 e. The van der Waals surface area contributed by atoms with E-state index in [1.807, 2.05) is 72.8 Å². The van der Waals surface area contributed by atoms with E-state index in [1.54, 1.807) is 0 Å². The molecule has 3 aliphatic heterocycles. The lowest BCUT2D eigenvalue weighted by Crippen LogP contribution is -2.42. The van der Waals surface area contributed by atoms with Crippen molar-refractivity contribution in [2.24, 2.45) is 11.8 Å². The molecule has 2 fully saturated rings. The van der Waals surface area contributed by atoms with Gasteiger partial charge >= 0.3 is 11.9 Å². The summed E-state index contributed by atoms with van der Waals surface area (Å²) in [7, 11) is 0. The third-order valence-electron chi connectivity index (χ3n) is 7.33. The van der Waals surface area contributed by atoms with Crippen molar-refractivity contribution < 1.29 is 19.1 Å². The molecule has 0 saturated carbocycles. The summed E-state index contributed by atoms with van der Waals surface area (Å²) < 4.78 is 12.3. The summed E-state index contributed by atoms with van der Waals surface area (Å²) in [4.78, 5) is 26.3. The quantitative estimate of drug-likeness (QED) is 0.350. The van der Waals surface area contributed by atoms with Crippen molar-refractivity contribution in [2.45, 2.75) is 11.2 Å². The van der Waals surface area contributed by atoms with Gasteiger partial charge in [-0.15, -0.1) is 0 Å². The second-order valence-corrected chi connectivity index (χ2v) is 8.75. The van der Waals surface area contributed by atoms with Crippen LogP contribution in [0.3, 0.4) is 0 Å². The maximum absolute atomic E-state index is 13.2. The molecule has 3 aliphatic rings. The average Bonchev–Trinajstić information content (AvgIpc) is 3.44. The highest BCUT2D eigenvalue weighted by Crippen LogP contribution is 2.70. The predicted octanol–water partition coefficient (Wildman–Crippen LogP) is 4.69. The number of hydrogen-bond acceptors (Lipinski definition) is 4. The first-order valence-electron chi connectivity index (χ1n) is 10.8. The second kappa shape index (κ2) is 5.93. The van der Waals surface area contributed by atoms with E-state index in [2.05, 4.69) is 24.3 Å². The fourth-order valence-electron chi connectivity index (χ4n) is 6.14. The average molecular weight is 418 g/mol. The van der Waals surface area contributed by atoms with Gasteiger partial charge in [0, 0.05) is 0 Å². The third kappa shape index (κ3) is 1.92. The molecule has 32 heavy (non-hydrogen) atoms. The molecule has 0 unspecified atom stereocenters. The molecule has 0 aliphatic carbocycles. The van der Waals surface area contributed by atoms with Crippen LogP contribution >= 0.6 is 0 Å². The van der Waals surface area contributed by atoms with Crippen molar-refractivity contribution >= 4 is 22.7 Å². The Morgan fingerprint density at radius 3 is 1.41 bits per heavy atom. The molecular weight excluding hydrogens is 400 g/mol. The Kier molecular flexibility index (Phi) is 3.31. The van der Waals surface area contributed by atoms with Crippen molar-refractivity contribution in [2.75, 3.05) is 0 Å². The van der Waals surface area contributed by atoms with Crippen LogP contribution in [0, 0.1) is 11.8 Å². The lowest BCUT2D eigenvalue weighted by molar-refractivity contribution is -0.162. The van der Waals surface area contributed by atoms with Crippen LogP contribution < -0.4 is 0 Å². The number of carbonyl (C=O) groups is 2. The number of cyclic esters (lactones) is 2. The van der Waals surface area contributed by atoms with Gasteiger partial charge in [0.1, 0.15) is 23.0 Å². The van der Waals surface area contributed by atoms with Gasteiger partial charge in [-0.3, -0.25) is 9.59 Å². The van der Waals surface area contributed by atoms with Gasteiger partial charge in [0.2, 0.25) is 0 Å². The Hall–Kier alpha value is -3.76. The van der Waals surface area contributed by atoms with E-state index in [1.165, 1.54) is 0 Å². The van der Waals surface area contributed by atoms with Crippen LogP contribution in [0.1, 0.15) is 22.3 Å². The van der Waals surface area contributed by atoms with Crippen LogP contribution in [0.5, 0.6) is 0 Å². The maximum Gasteiger partial charge on any atom is 0.321 e. The summed E-state index contributed by atoms with van der Waals surface area (Å²) in [6.07, 6.45) is 0. The molecule has 2 bridgehead atoms. The Balaban J connectivity index is 1.66. The summed E-state index contributed by atoms with van der Waals surface area (Å²) in [6.45, 7) is 0. The van der Waals surface area contributed by atoms with Gasteiger partial charge in [-0.2, -0.15) is 0 Å². The fraction of sp³-hybridized carbons (Fsp3) is 0.143. The molecule has 3 heterocycles. The minimum absolute atomic E-state index is 0.513. The Morgan fingerprint density at radius 2 is 0.969 bits per heavy atom. The number of hydrogen-bond donors (Lipinski definition) is 0. The largest absolute Gasteiger partial charge is 0.392 e. The summed E-state index contributed by atoms with van der Waals surface area (Å²) in [5.74, 6) is -2.52. The first-order chi connectivity index (χ1) is 15.7. The van der Waals surface area contributed by atoms with Crippen molar-refractivity contribution in [1.29, 1.82) is 0 Å². The molecule has 154 valence electrons. The molecule has 0 spiro atoms. The van der Waals surface area contributed by atoms with E-state index in [-0.39, 0.29) is 0 Å². The highest BCUT2D eigenvalue weighted by molar-refractivity contribution is 6.01. The van der Waals surface area contributed by atoms with Crippen molar-refractivity contribution in [3.8, 4) is 0 Å². The second-order valence-electron chi connectivity index (χ2n) is 8.75. The highest BCUT2D eigenvalue weighted by atomic mass is 16.6. The maximum atomic E-state index is 13.2. The number of fused-ring (bicyclic) bond motifs is 9. The molecule has 4 nitrogen and oxygen atoms in total. The highest BCUT2D eigenvalue weighted by Gasteiger charge is 2.78. The van der Waals surface area contributed by atoms with Crippen molar-refractivity contribution in [3.63, 3.8) is 0 Å². The normalized spacial score (nSPS) is 29.8. The lowest BCUT2D eigenvalue weighted by Gasteiger charge is -2.34. The monoisotopic (exact) mass is 418 g/mol. The number of carbonyl (C=O) groups excluding carboxylic acids is 2. The molecular formula is C28H18O4. The van der Waals surface area contributed by atoms with Gasteiger partial charge in [0.05, 0.1) is 0 Å². The number of benzene rings is 4. The molecule has 0 radical (unpaired) electrons. The minimum Gasteiger partial charge on any atom is -0.392 e. The Bertz CT molecular complexity index is 1320. The first-order valence-corrected chi connectivity index (χ1v) is 10.8. The van der Waals surface area contributed by atoms with Gasteiger partial charge in [0.15, 0.2) is 0 Å². The topological polar surface area (TPSA) is 52.6 Å². The predicted molar refractivity (Wildman–Crippen MR) is 118 cm³/mol. The van der Waals surface area contributed by atoms with Gasteiger partial charge in [0.25, 0.3) is 0 Å². The number of esters is 2. The van der Waals surface area contributed by atoms with Crippen molar-refractivity contribution in [1.82, 2.24) is 0 Å². The molecule has 2 saturated heterocycles. The molecule has 4 atom stereocenters. The molecule has 0 N–H and O–H groups in total. The zero-order valence-electron chi connectivity index (χ0n) is 17.0. The van der Waals surface area contributed by atoms with Crippen LogP contribution in [0.2, 0.25) is 0 Å². The zero-order chi connectivity index (χ0) is 21.5. The third-order valence-corrected chi connectivity index (χ3v) is 7.33. The van der Waals surface area contributed by atoms with E-state index in [4.69, 9.17) is 9.47 Å². The van der Waals surface area contributed by atoms with Crippen LogP contribution in [-0.4, -0.2) is 11.9 Å². The summed E-state index contributed by atoms with van der Waals surface area (Å²) in [5, 5.41) is 2.13. The van der Waals surface area contributed by atoms with E-state index < -0.39 is 35.0 Å². The molecule has 7 rings (SSSR count). The van der Waals surface area contributed by atoms with E-state index in [0.717, 1.165) is 33.0 Å². The Morgan fingerprint density at radius 1 is 0.562 bits per heavy atom. The summed E-state index contributed by atoms with van der Waals surface area (Å²) in [6, 6.07) is 31.9. The number of rotatable bonds is 2. The summed E-state index contributed by atoms with van der Waals surface area (Å²) in [5.41, 5.74) is 1.38. The molecule has 4 heteroatoms. The standard InChI is InChI=1S/C28H18O4/c29-25-23-24(26(30)31-25)28(20-13-5-2-6-14-20)22-16-18-10-8-7-9-17(18)15-21(22)27(23,32-28)19-11-3-1-4-12-19/h1-16,23-24H/t23-,24-,27-,28+/m1/s1. The van der Waals surface area contributed by atoms with Gasteiger partial charge < -0.3 is 9.47 Å². The Labute approximate surface area is 184 Å². The van der Waals surface area contributed by atoms with Gasteiger partial charge in [-0.25, -0.2) is 0 Å². The zero-order valence-corrected chi connectivity index (χ0v) is 17.0. The van der Waals surface area contributed by atoms with E-state index in [0.29, 0.717) is 0 Å². The molecule has 4 aromatic rings. The molecule has 0 amide bonds. The summed E-state index contributed by atoms with van der Waals surface area (Å²) >= 11 is 0. The van der Waals surface area contributed by atoms with E-state index >= 15 is 0 Å². The van der Waals surface area contributed by atoms with Crippen LogP contribution in [0.25, 0.3) is 10.8 Å². The van der Waals surface area contributed by atoms with Crippen LogP contribution in [0.15, 0.2) is 97.1 Å². The number of ether oxygens (including phenoxy) is 2. The van der Waals surface area contributed by atoms with Crippen LogP contribution in [-0.2, 0) is 30.3 Å². The molecule has 0 aromatic heterocycles. The lowest BCUT2D eigenvalue weighted by atomic mass is 9.61. The SMILES string of the molecule is O=C1OC(=O)[C@H]2[C@H]1[C@]1(c3ccccc3)O[C@@]2(c2ccccc2)c2cc3ccccc3cc21.